The maximum atomic E-state index is 14.3. The Morgan fingerprint density at radius 2 is 1.87 bits per heavy atom. The Labute approximate surface area is 168 Å². The molecule has 158 valence electrons. The third-order valence-corrected chi connectivity index (χ3v) is 4.44. The highest BCUT2D eigenvalue weighted by molar-refractivity contribution is 5.98. The summed E-state index contributed by atoms with van der Waals surface area (Å²) in [6, 6.07) is 8.09. The number of rotatable bonds is 5. The molecule has 1 aromatic heterocycles. The zero-order chi connectivity index (χ0) is 22.1. The monoisotopic (exact) mass is 423 g/mol. The fourth-order valence-electron chi connectivity index (χ4n) is 2.81. The molecule has 0 atom stereocenters. The highest BCUT2D eigenvalue weighted by Gasteiger charge is 2.35. The van der Waals surface area contributed by atoms with Crippen LogP contribution in [0.25, 0.3) is 5.69 Å². The van der Waals surface area contributed by atoms with Gasteiger partial charge in [-0.05, 0) is 42.0 Å². The SMILES string of the molecule is CC(=NOCc1c(C)cccc1-n1nnn(C)c1=O)c1cccc(C(F)(F)F)c1F. The fraction of sp³-hybridized carbons (Fsp3) is 0.263. The lowest BCUT2D eigenvalue weighted by atomic mass is 10.1. The van der Waals surface area contributed by atoms with Crippen molar-refractivity contribution >= 4 is 5.71 Å². The Morgan fingerprint density at radius 1 is 1.17 bits per heavy atom. The summed E-state index contributed by atoms with van der Waals surface area (Å²) < 4.78 is 55.1. The highest BCUT2D eigenvalue weighted by atomic mass is 19.4. The lowest BCUT2D eigenvalue weighted by molar-refractivity contribution is -0.140. The number of alkyl halides is 3. The van der Waals surface area contributed by atoms with Crippen LogP contribution < -0.4 is 5.69 Å². The van der Waals surface area contributed by atoms with Crippen LogP contribution in [0.1, 0.15) is 29.2 Å². The number of aromatic nitrogens is 4. The van der Waals surface area contributed by atoms with Gasteiger partial charge in [0.1, 0.15) is 12.4 Å². The quantitative estimate of drug-likeness (QED) is 0.358. The number of hydrogen-bond acceptors (Lipinski definition) is 5. The Hall–Kier alpha value is -3.50. The average molecular weight is 423 g/mol. The van der Waals surface area contributed by atoms with Gasteiger partial charge in [0.15, 0.2) is 0 Å². The standard InChI is InChI=1S/C19H17F4N5O2/c1-11-6-4-9-16(28-18(29)27(3)25-26-28)14(11)10-30-24-12(2)13-7-5-8-15(17(13)20)19(21,22)23/h4-9H,10H2,1-3H3. The van der Waals surface area contributed by atoms with Gasteiger partial charge in [-0.3, -0.25) is 0 Å². The van der Waals surface area contributed by atoms with Crippen molar-refractivity contribution in [1.82, 2.24) is 19.8 Å². The molecule has 30 heavy (non-hydrogen) atoms. The molecule has 0 amide bonds. The van der Waals surface area contributed by atoms with Crippen LogP contribution in [-0.4, -0.2) is 25.5 Å². The van der Waals surface area contributed by atoms with Gasteiger partial charge in [-0.1, -0.05) is 29.4 Å². The van der Waals surface area contributed by atoms with Gasteiger partial charge in [-0.2, -0.15) is 22.5 Å². The molecule has 0 unspecified atom stereocenters. The second-order valence-electron chi connectivity index (χ2n) is 6.48. The first-order chi connectivity index (χ1) is 14.1. The van der Waals surface area contributed by atoms with Gasteiger partial charge < -0.3 is 4.84 Å². The summed E-state index contributed by atoms with van der Waals surface area (Å²) in [6.07, 6.45) is -4.82. The third-order valence-electron chi connectivity index (χ3n) is 4.44. The predicted molar refractivity (Wildman–Crippen MR) is 99.7 cm³/mol. The molecule has 0 aliphatic rings. The van der Waals surface area contributed by atoms with Gasteiger partial charge in [0.25, 0.3) is 0 Å². The van der Waals surface area contributed by atoms with Gasteiger partial charge in [0.05, 0.1) is 17.0 Å². The Kier molecular flexibility index (Phi) is 5.72. The lowest BCUT2D eigenvalue weighted by Gasteiger charge is -2.12. The molecular weight excluding hydrogens is 406 g/mol. The van der Waals surface area contributed by atoms with Crippen molar-refractivity contribution in [1.29, 1.82) is 0 Å². The van der Waals surface area contributed by atoms with Crippen molar-refractivity contribution < 1.29 is 22.4 Å². The summed E-state index contributed by atoms with van der Waals surface area (Å²) >= 11 is 0. The van der Waals surface area contributed by atoms with Crippen LogP contribution >= 0.6 is 0 Å². The van der Waals surface area contributed by atoms with E-state index in [4.69, 9.17) is 4.84 Å². The molecule has 3 rings (SSSR count). The zero-order valence-electron chi connectivity index (χ0n) is 16.2. The highest BCUT2D eigenvalue weighted by Crippen LogP contribution is 2.32. The molecule has 0 aliphatic carbocycles. The molecule has 0 spiro atoms. The number of hydrogen-bond donors (Lipinski definition) is 0. The van der Waals surface area contributed by atoms with E-state index in [0.717, 1.165) is 21.0 Å². The van der Waals surface area contributed by atoms with Crippen molar-refractivity contribution in [2.45, 2.75) is 26.6 Å². The first kappa shape index (κ1) is 21.2. The lowest BCUT2D eigenvalue weighted by Crippen LogP contribution is -2.23. The van der Waals surface area contributed by atoms with E-state index < -0.39 is 23.2 Å². The molecule has 0 aliphatic heterocycles. The van der Waals surface area contributed by atoms with Crippen molar-refractivity contribution in [3.05, 3.63) is 75.0 Å². The molecule has 7 nitrogen and oxygen atoms in total. The number of tetrazole rings is 1. The summed E-state index contributed by atoms with van der Waals surface area (Å²) in [7, 11) is 1.45. The third kappa shape index (κ3) is 4.09. The normalized spacial score (nSPS) is 12.3. The molecule has 0 saturated carbocycles. The van der Waals surface area contributed by atoms with Crippen LogP contribution in [0.3, 0.4) is 0 Å². The van der Waals surface area contributed by atoms with Crippen LogP contribution in [0.5, 0.6) is 0 Å². The van der Waals surface area contributed by atoms with E-state index in [2.05, 4.69) is 15.6 Å². The molecule has 0 fully saturated rings. The molecule has 11 heteroatoms. The number of benzene rings is 2. The van der Waals surface area contributed by atoms with Crippen molar-refractivity contribution in [3.63, 3.8) is 0 Å². The van der Waals surface area contributed by atoms with Gasteiger partial charge >= 0.3 is 11.9 Å². The van der Waals surface area contributed by atoms with Crippen LogP contribution in [0.4, 0.5) is 17.6 Å². The van der Waals surface area contributed by atoms with Gasteiger partial charge in [0.2, 0.25) is 0 Å². The minimum atomic E-state index is -4.82. The molecular formula is C19H17F4N5O2. The summed E-state index contributed by atoms with van der Waals surface area (Å²) in [6.45, 7) is 3.00. The van der Waals surface area contributed by atoms with E-state index in [9.17, 15) is 22.4 Å². The van der Waals surface area contributed by atoms with Crippen molar-refractivity contribution in [2.24, 2.45) is 12.2 Å². The average Bonchev–Trinajstić information content (AvgIpc) is 3.01. The van der Waals surface area contributed by atoms with E-state index in [-0.39, 0.29) is 17.9 Å². The van der Waals surface area contributed by atoms with E-state index in [0.29, 0.717) is 17.3 Å². The second kappa shape index (κ2) is 8.09. The number of nitrogens with zero attached hydrogens (tertiary/aromatic N) is 5. The Bertz CT molecular complexity index is 1160. The van der Waals surface area contributed by atoms with E-state index in [1.165, 1.54) is 20.0 Å². The molecule has 3 aromatic rings. The molecule has 2 aromatic carbocycles. The molecule has 0 saturated heterocycles. The molecule has 0 N–H and O–H groups in total. The fourth-order valence-corrected chi connectivity index (χ4v) is 2.81. The second-order valence-corrected chi connectivity index (χ2v) is 6.48. The minimum Gasteiger partial charge on any atom is -0.391 e. The van der Waals surface area contributed by atoms with Crippen LogP contribution in [0, 0.1) is 12.7 Å². The zero-order valence-corrected chi connectivity index (χ0v) is 16.2. The summed E-state index contributed by atoms with van der Waals surface area (Å²) in [5, 5.41) is 11.2. The van der Waals surface area contributed by atoms with E-state index in [1.54, 1.807) is 25.1 Å². The van der Waals surface area contributed by atoms with Crippen molar-refractivity contribution in [3.8, 4) is 5.69 Å². The van der Waals surface area contributed by atoms with Crippen LogP contribution in [0.2, 0.25) is 0 Å². The minimum absolute atomic E-state index is 0.0644. The van der Waals surface area contributed by atoms with Gasteiger partial charge in [-0.15, -0.1) is 0 Å². The first-order valence-corrected chi connectivity index (χ1v) is 8.71. The molecule has 1 heterocycles. The summed E-state index contributed by atoms with van der Waals surface area (Å²) in [4.78, 5) is 17.4. The van der Waals surface area contributed by atoms with Gasteiger partial charge in [-0.25, -0.2) is 9.18 Å². The Balaban J connectivity index is 1.88. The van der Waals surface area contributed by atoms with Crippen molar-refractivity contribution in [2.75, 3.05) is 0 Å². The first-order valence-electron chi connectivity index (χ1n) is 8.71. The number of halogens is 4. The van der Waals surface area contributed by atoms with Gasteiger partial charge in [0, 0.05) is 18.2 Å². The van der Waals surface area contributed by atoms with E-state index >= 15 is 0 Å². The smallest absolute Gasteiger partial charge is 0.391 e. The number of aryl methyl sites for hydroxylation is 2. The maximum Gasteiger partial charge on any atom is 0.419 e. The largest absolute Gasteiger partial charge is 0.419 e. The topological polar surface area (TPSA) is 74.3 Å². The van der Waals surface area contributed by atoms with Crippen LogP contribution in [-0.2, 0) is 24.7 Å². The summed E-state index contributed by atoms with van der Waals surface area (Å²) in [5.41, 5.74) is -0.466. The Morgan fingerprint density at radius 3 is 2.50 bits per heavy atom. The predicted octanol–water partition coefficient (Wildman–Crippen LogP) is 3.37. The van der Waals surface area contributed by atoms with Crippen LogP contribution in [0.15, 0.2) is 46.3 Å². The molecule has 0 bridgehead atoms. The molecule has 0 radical (unpaired) electrons. The van der Waals surface area contributed by atoms with E-state index in [1.807, 2.05) is 0 Å². The summed E-state index contributed by atoms with van der Waals surface area (Å²) in [5.74, 6) is -1.42. The maximum absolute atomic E-state index is 14.3. The number of oxime groups is 1.